The van der Waals surface area contributed by atoms with Crippen LogP contribution in [-0.2, 0) is 9.59 Å². The van der Waals surface area contributed by atoms with Crippen molar-refractivity contribution in [2.75, 3.05) is 61.1 Å². The SMILES string of the molecule is COc1ccccc1N1CCN(C(=O)C2CCCN2c2nnc(N3CCCC3=O)s2)CC1. The normalized spacial score (nSPS) is 21.5. The van der Waals surface area contributed by atoms with E-state index in [0.29, 0.717) is 31.2 Å². The zero-order chi connectivity index (χ0) is 22.1. The molecule has 9 nitrogen and oxygen atoms in total. The third-order valence-electron chi connectivity index (χ3n) is 6.51. The monoisotopic (exact) mass is 456 g/mol. The summed E-state index contributed by atoms with van der Waals surface area (Å²) in [4.78, 5) is 33.5. The minimum atomic E-state index is -0.206. The fourth-order valence-electron chi connectivity index (χ4n) is 4.81. The Morgan fingerprint density at radius 1 is 1.03 bits per heavy atom. The Labute approximate surface area is 191 Å². The van der Waals surface area contributed by atoms with Crippen LogP contribution < -0.4 is 19.4 Å². The van der Waals surface area contributed by atoms with E-state index in [0.717, 1.165) is 55.5 Å². The number of benzene rings is 1. The Balaban J connectivity index is 1.24. The summed E-state index contributed by atoms with van der Waals surface area (Å²) in [5.41, 5.74) is 1.07. The average Bonchev–Trinajstić information content (AvgIpc) is 3.59. The molecular weight excluding hydrogens is 428 g/mol. The van der Waals surface area contributed by atoms with E-state index in [-0.39, 0.29) is 17.9 Å². The Bertz CT molecular complexity index is 990. The summed E-state index contributed by atoms with van der Waals surface area (Å²) in [5.74, 6) is 1.13. The Morgan fingerprint density at radius 2 is 1.81 bits per heavy atom. The summed E-state index contributed by atoms with van der Waals surface area (Å²) in [6, 6.07) is 7.80. The molecule has 1 aromatic carbocycles. The molecule has 1 unspecified atom stereocenters. The van der Waals surface area contributed by atoms with Crippen LogP contribution in [0.2, 0.25) is 0 Å². The lowest BCUT2D eigenvalue weighted by Crippen LogP contribution is -2.54. The molecule has 0 radical (unpaired) electrons. The van der Waals surface area contributed by atoms with Gasteiger partial charge >= 0.3 is 0 Å². The number of methoxy groups -OCH3 is 1. The van der Waals surface area contributed by atoms with Gasteiger partial charge in [-0.3, -0.25) is 14.5 Å². The molecule has 2 amide bonds. The summed E-state index contributed by atoms with van der Waals surface area (Å²) in [7, 11) is 1.69. The van der Waals surface area contributed by atoms with Gasteiger partial charge in [-0.15, -0.1) is 10.2 Å². The third-order valence-corrected chi connectivity index (χ3v) is 7.49. The maximum atomic E-state index is 13.4. The minimum Gasteiger partial charge on any atom is -0.495 e. The van der Waals surface area contributed by atoms with E-state index in [2.05, 4.69) is 26.1 Å². The van der Waals surface area contributed by atoms with Crippen molar-refractivity contribution < 1.29 is 14.3 Å². The lowest BCUT2D eigenvalue weighted by molar-refractivity contribution is -0.132. The summed E-state index contributed by atoms with van der Waals surface area (Å²) in [6.07, 6.45) is 3.21. The molecule has 2 aromatic rings. The van der Waals surface area contributed by atoms with Gasteiger partial charge in [-0.2, -0.15) is 0 Å². The number of rotatable bonds is 5. The average molecular weight is 457 g/mol. The molecule has 0 aliphatic carbocycles. The lowest BCUT2D eigenvalue weighted by atomic mass is 10.1. The zero-order valence-electron chi connectivity index (χ0n) is 18.3. The number of hydrogen-bond acceptors (Lipinski definition) is 8. The number of para-hydroxylation sites is 2. The van der Waals surface area contributed by atoms with E-state index in [9.17, 15) is 9.59 Å². The van der Waals surface area contributed by atoms with Crippen molar-refractivity contribution in [2.45, 2.75) is 31.7 Å². The molecule has 1 atom stereocenters. The highest BCUT2D eigenvalue weighted by atomic mass is 32.1. The van der Waals surface area contributed by atoms with Gasteiger partial charge in [0, 0.05) is 45.7 Å². The van der Waals surface area contributed by atoms with Crippen LogP contribution in [-0.4, -0.2) is 79.3 Å². The predicted octanol–water partition coefficient (Wildman–Crippen LogP) is 1.99. The van der Waals surface area contributed by atoms with Crippen molar-refractivity contribution >= 4 is 39.1 Å². The van der Waals surface area contributed by atoms with E-state index >= 15 is 0 Å². The standard InChI is InChI=1S/C22H28N6O3S/c1-31-18-8-3-2-6-16(18)25-12-14-26(15-13-25)20(30)17-7-4-10-27(17)21-23-24-22(32-21)28-11-5-9-19(28)29/h2-3,6,8,17H,4-5,7,9-15H2,1H3. The van der Waals surface area contributed by atoms with Crippen LogP contribution in [0.1, 0.15) is 25.7 Å². The Hall–Kier alpha value is -2.88. The second kappa shape index (κ2) is 8.93. The molecule has 0 N–H and O–H groups in total. The van der Waals surface area contributed by atoms with Crippen LogP contribution in [0.4, 0.5) is 16.0 Å². The topological polar surface area (TPSA) is 82.1 Å². The van der Waals surface area contributed by atoms with E-state index < -0.39 is 0 Å². The predicted molar refractivity (Wildman–Crippen MR) is 124 cm³/mol. The van der Waals surface area contributed by atoms with Crippen molar-refractivity contribution in [1.82, 2.24) is 15.1 Å². The Morgan fingerprint density at radius 3 is 2.56 bits per heavy atom. The van der Waals surface area contributed by atoms with Gasteiger partial charge in [0.2, 0.25) is 22.1 Å². The van der Waals surface area contributed by atoms with Gasteiger partial charge in [-0.1, -0.05) is 23.5 Å². The molecule has 32 heavy (non-hydrogen) atoms. The largest absolute Gasteiger partial charge is 0.495 e. The highest BCUT2D eigenvalue weighted by Crippen LogP contribution is 2.34. The first-order chi connectivity index (χ1) is 15.7. The molecule has 5 rings (SSSR count). The molecule has 170 valence electrons. The van der Waals surface area contributed by atoms with Crippen molar-refractivity contribution in [3.8, 4) is 5.75 Å². The Kier molecular flexibility index (Phi) is 5.86. The van der Waals surface area contributed by atoms with Crippen LogP contribution >= 0.6 is 11.3 Å². The van der Waals surface area contributed by atoms with Crippen LogP contribution in [0, 0.1) is 0 Å². The smallest absolute Gasteiger partial charge is 0.245 e. The van der Waals surface area contributed by atoms with Gasteiger partial charge < -0.3 is 19.4 Å². The van der Waals surface area contributed by atoms with Gasteiger partial charge in [0.1, 0.15) is 11.8 Å². The number of nitrogens with zero attached hydrogens (tertiary/aromatic N) is 6. The summed E-state index contributed by atoms with van der Waals surface area (Å²) in [6.45, 7) is 4.42. The van der Waals surface area contributed by atoms with Gasteiger partial charge in [0.25, 0.3) is 0 Å². The molecule has 10 heteroatoms. The van der Waals surface area contributed by atoms with Crippen molar-refractivity contribution in [2.24, 2.45) is 0 Å². The van der Waals surface area contributed by atoms with Gasteiger partial charge in [-0.05, 0) is 31.4 Å². The van der Waals surface area contributed by atoms with Gasteiger partial charge in [0.05, 0.1) is 12.8 Å². The van der Waals surface area contributed by atoms with Crippen molar-refractivity contribution in [3.63, 3.8) is 0 Å². The first kappa shape index (κ1) is 21.0. The van der Waals surface area contributed by atoms with E-state index in [1.165, 1.54) is 11.3 Å². The minimum absolute atomic E-state index is 0.106. The number of aromatic nitrogens is 2. The maximum absolute atomic E-state index is 13.4. The molecule has 0 spiro atoms. The second-order valence-corrected chi connectivity index (χ2v) is 9.29. The molecule has 3 saturated heterocycles. The molecule has 4 heterocycles. The van der Waals surface area contributed by atoms with Gasteiger partial charge in [0.15, 0.2) is 0 Å². The number of amides is 2. The summed E-state index contributed by atoms with van der Waals surface area (Å²) < 4.78 is 5.50. The fraction of sp³-hybridized carbons (Fsp3) is 0.545. The number of hydrogen-bond donors (Lipinski definition) is 0. The second-order valence-electron chi connectivity index (χ2n) is 8.35. The van der Waals surface area contributed by atoms with Crippen LogP contribution in [0.15, 0.2) is 24.3 Å². The molecular formula is C22H28N6O3S. The fourth-order valence-corrected chi connectivity index (χ4v) is 5.77. The lowest BCUT2D eigenvalue weighted by Gasteiger charge is -2.38. The number of carbonyl (C=O) groups excluding carboxylic acids is 2. The highest BCUT2D eigenvalue weighted by Gasteiger charge is 2.37. The van der Waals surface area contributed by atoms with Gasteiger partial charge in [-0.25, -0.2) is 0 Å². The van der Waals surface area contributed by atoms with E-state index in [1.807, 2.05) is 23.1 Å². The third kappa shape index (κ3) is 3.87. The van der Waals surface area contributed by atoms with E-state index in [1.54, 1.807) is 12.0 Å². The molecule has 3 aliphatic heterocycles. The molecule has 0 bridgehead atoms. The molecule has 1 aromatic heterocycles. The molecule has 3 fully saturated rings. The number of piperazine rings is 1. The maximum Gasteiger partial charge on any atom is 0.245 e. The van der Waals surface area contributed by atoms with Crippen molar-refractivity contribution in [1.29, 1.82) is 0 Å². The van der Waals surface area contributed by atoms with E-state index in [4.69, 9.17) is 4.74 Å². The molecule has 0 saturated carbocycles. The van der Waals surface area contributed by atoms with Crippen LogP contribution in [0.3, 0.4) is 0 Å². The number of carbonyl (C=O) groups is 2. The zero-order valence-corrected chi connectivity index (χ0v) is 19.1. The first-order valence-electron chi connectivity index (χ1n) is 11.2. The highest BCUT2D eigenvalue weighted by molar-refractivity contribution is 7.19. The summed E-state index contributed by atoms with van der Waals surface area (Å²) in [5, 5.41) is 9.96. The quantitative estimate of drug-likeness (QED) is 0.681. The first-order valence-corrected chi connectivity index (χ1v) is 12.0. The molecule has 3 aliphatic rings. The number of anilines is 3. The summed E-state index contributed by atoms with van der Waals surface area (Å²) >= 11 is 1.42. The number of ether oxygens (including phenoxy) is 1. The van der Waals surface area contributed by atoms with Crippen LogP contribution in [0.25, 0.3) is 0 Å². The van der Waals surface area contributed by atoms with Crippen LogP contribution in [0.5, 0.6) is 5.75 Å². The van der Waals surface area contributed by atoms with Crippen molar-refractivity contribution in [3.05, 3.63) is 24.3 Å².